The fourth-order valence-electron chi connectivity index (χ4n) is 2.34. The van der Waals surface area contributed by atoms with Crippen molar-refractivity contribution in [2.75, 3.05) is 25.0 Å². The maximum Gasteiger partial charge on any atom is 0.238 e. The summed E-state index contributed by atoms with van der Waals surface area (Å²) in [5, 5.41) is 2.69. The minimum Gasteiger partial charge on any atom is -0.343 e. The van der Waals surface area contributed by atoms with Gasteiger partial charge in [-0.05, 0) is 37.0 Å². The largest absolute Gasteiger partial charge is 0.343 e. The van der Waals surface area contributed by atoms with Crippen LogP contribution in [-0.2, 0) is 16.0 Å². The summed E-state index contributed by atoms with van der Waals surface area (Å²) in [6, 6.07) is 7.54. The standard InChI is InChI=1S/C15H21N3O2.ClH/c16-11-14(19)17-13-6-3-12(4-7-13)5-8-15(20)18-9-1-2-10-18;/h3-4,6-7H,1-2,5,8-11,16H2,(H,17,19);1H. The van der Waals surface area contributed by atoms with Crippen LogP contribution in [-0.4, -0.2) is 36.3 Å². The van der Waals surface area contributed by atoms with Gasteiger partial charge in [0.25, 0.3) is 0 Å². The van der Waals surface area contributed by atoms with E-state index in [0.717, 1.165) is 43.6 Å². The highest BCUT2D eigenvalue weighted by atomic mass is 35.5. The molecule has 0 atom stereocenters. The van der Waals surface area contributed by atoms with Crippen LogP contribution in [0.4, 0.5) is 5.69 Å². The van der Waals surface area contributed by atoms with Gasteiger partial charge in [0.1, 0.15) is 0 Å². The zero-order valence-electron chi connectivity index (χ0n) is 12.0. The highest BCUT2D eigenvalue weighted by molar-refractivity contribution is 5.92. The monoisotopic (exact) mass is 311 g/mol. The van der Waals surface area contributed by atoms with Crippen molar-refractivity contribution >= 4 is 29.9 Å². The molecule has 1 aromatic carbocycles. The third-order valence-electron chi connectivity index (χ3n) is 3.51. The molecule has 3 N–H and O–H groups in total. The predicted octanol–water partition coefficient (Wildman–Crippen LogP) is 1.56. The van der Waals surface area contributed by atoms with Crippen molar-refractivity contribution in [1.82, 2.24) is 4.90 Å². The SMILES string of the molecule is Cl.NCC(=O)Nc1ccc(CCC(=O)N2CCCC2)cc1. The van der Waals surface area contributed by atoms with Crippen LogP contribution >= 0.6 is 12.4 Å². The van der Waals surface area contributed by atoms with Crippen LogP contribution in [0, 0.1) is 0 Å². The van der Waals surface area contributed by atoms with Gasteiger partial charge in [-0.2, -0.15) is 0 Å². The number of amides is 2. The smallest absolute Gasteiger partial charge is 0.238 e. The normalized spacial score (nSPS) is 13.7. The highest BCUT2D eigenvalue weighted by Gasteiger charge is 2.17. The summed E-state index contributed by atoms with van der Waals surface area (Å²) < 4.78 is 0. The zero-order valence-corrected chi connectivity index (χ0v) is 12.8. The van der Waals surface area contributed by atoms with Crippen molar-refractivity contribution < 1.29 is 9.59 Å². The Balaban J connectivity index is 0.00000220. The van der Waals surface area contributed by atoms with Gasteiger partial charge < -0.3 is 16.0 Å². The second-order valence-electron chi connectivity index (χ2n) is 5.04. The van der Waals surface area contributed by atoms with Crippen LogP contribution in [0.2, 0.25) is 0 Å². The van der Waals surface area contributed by atoms with E-state index in [-0.39, 0.29) is 30.8 Å². The quantitative estimate of drug-likeness (QED) is 0.866. The van der Waals surface area contributed by atoms with Crippen molar-refractivity contribution in [3.63, 3.8) is 0 Å². The first-order chi connectivity index (χ1) is 9.69. The zero-order chi connectivity index (χ0) is 14.4. The van der Waals surface area contributed by atoms with Crippen molar-refractivity contribution in [3.05, 3.63) is 29.8 Å². The van der Waals surface area contributed by atoms with Gasteiger partial charge in [0.15, 0.2) is 0 Å². The second-order valence-corrected chi connectivity index (χ2v) is 5.04. The number of nitrogens with one attached hydrogen (secondary N) is 1. The lowest BCUT2D eigenvalue weighted by molar-refractivity contribution is -0.130. The molecule has 0 aromatic heterocycles. The molecule has 1 aliphatic heterocycles. The van der Waals surface area contributed by atoms with Gasteiger partial charge in [0.2, 0.25) is 11.8 Å². The first-order valence-electron chi connectivity index (χ1n) is 7.05. The summed E-state index contributed by atoms with van der Waals surface area (Å²) >= 11 is 0. The molecular formula is C15H22ClN3O2. The molecule has 1 aliphatic rings. The third-order valence-corrected chi connectivity index (χ3v) is 3.51. The lowest BCUT2D eigenvalue weighted by atomic mass is 10.1. The van der Waals surface area contributed by atoms with Gasteiger partial charge in [0, 0.05) is 25.2 Å². The van der Waals surface area contributed by atoms with E-state index in [9.17, 15) is 9.59 Å². The average Bonchev–Trinajstić information content (AvgIpc) is 3.00. The molecule has 0 radical (unpaired) electrons. The Morgan fingerprint density at radius 2 is 1.76 bits per heavy atom. The topological polar surface area (TPSA) is 75.4 Å². The number of nitrogens with zero attached hydrogens (tertiary/aromatic N) is 1. The summed E-state index contributed by atoms with van der Waals surface area (Å²) in [4.78, 5) is 25.0. The number of aryl methyl sites for hydroxylation is 1. The Labute approximate surface area is 131 Å². The summed E-state index contributed by atoms with van der Waals surface area (Å²) in [7, 11) is 0. The van der Waals surface area contributed by atoms with E-state index in [2.05, 4.69) is 5.32 Å². The lowest BCUT2D eigenvalue weighted by Crippen LogP contribution is -2.27. The van der Waals surface area contributed by atoms with E-state index in [4.69, 9.17) is 5.73 Å². The number of carbonyl (C=O) groups excluding carboxylic acids is 2. The molecule has 5 nitrogen and oxygen atoms in total. The fraction of sp³-hybridized carbons (Fsp3) is 0.467. The molecule has 0 unspecified atom stereocenters. The molecule has 6 heteroatoms. The molecule has 2 rings (SSSR count). The number of carbonyl (C=O) groups is 2. The third kappa shape index (κ3) is 5.36. The van der Waals surface area contributed by atoms with Crippen LogP contribution < -0.4 is 11.1 Å². The molecule has 1 aromatic rings. The Morgan fingerprint density at radius 3 is 2.33 bits per heavy atom. The van der Waals surface area contributed by atoms with Crippen molar-refractivity contribution in [3.8, 4) is 0 Å². The summed E-state index contributed by atoms with van der Waals surface area (Å²) in [5.74, 6) is 0.0324. The number of hydrogen-bond acceptors (Lipinski definition) is 3. The van der Waals surface area contributed by atoms with Gasteiger partial charge >= 0.3 is 0 Å². The molecule has 0 aliphatic carbocycles. The number of nitrogens with two attached hydrogens (primary N) is 1. The average molecular weight is 312 g/mol. The van der Waals surface area contributed by atoms with Crippen LogP contribution in [0.25, 0.3) is 0 Å². The Kier molecular flexibility index (Phi) is 7.19. The molecule has 1 heterocycles. The summed E-state index contributed by atoms with van der Waals surface area (Å²) in [5.41, 5.74) is 7.07. The summed E-state index contributed by atoms with van der Waals surface area (Å²) in [6.45, 7) is 1.79. The number of anilines is 1. The van der Waals surface area contributed by atoms with E-state index in [1.54, 1.807) is 0 Å². The predicted molar refractivity (Wildman–Crippen MR) is 85.5 cm³/mol. The van der Waals surface area contributed by atoms with E-state index in [0.29, 0.717) is 6.42 Å². The van der Waals surface area contributed by atoms with E-state index >= 15 is 0 Å². The molecule has 116 valence electrons. The first kappa shape index (κ1) is 17.5. The van der Waals surface area contributed by atoms with Gasteiger partial charge in [-0.1, -0.05) is 12.1 Å². The number of hydrogen-bond donors (Lipinski definition) is 2. The number of benzene rings is 1. The Hall–Kier alpha value is -1.59. The van der Waals surface area contributed by atoms with Gasteiger partial charge in [-0.25, -0.2) is 0 Å². The molecule has 2 amide bonds. The van der Waals surface area contributed by atoms with Crippen LogP contribution in [0.15, 0.2) is 24.3 Å². The molecule has 0 bridgehead atoms. The molecule has 0 saturated carbocycles. The van der Waals surface area contributed by atoms with Crippen LogP contribution in [0.1, 0.15) is 24.8 Å². The van der Waals surface area contributed by atoms with Crippen molar-refractivity contribution in [1.29, 1.82) is 0 Å². The minimum absolute atomic E-state index is 0. The van der Waals surface area contributed by atoms with Crippen molar-refractivity contribution in [2.24, 2.45) is 5.73 Å². The van der Waals surface area contributed by atoms with Gasteiger partial charge in [0.05, 0.1) is 6.54 Å². The van der Waals surface area contributed by atoms with E-state index in [1.165, 1.54) is 0 Å². The van der Waals surface area contributed by atoms with Gasteiger partial charge in [-0.3, -0.25) is 9.59 Å². The number of halogens is 1. The molecule has 0 spiro atoms. The fourth-order valence-corrected chi connectivity index (χ4v) is 2.34. The minimum atomic E-state index is -0.207. The lowest BCUT2D eigenvalue weighted by Gasteiger charge is -2.15. The van der Waals surface area contributed by atoms with E-state index in [1.807, 2.05) is 29.2 Å². The van der Waals surface area contributed by atoms with Gasteiger partial charge in [-0.15, -0.1) is 12.4 Å². The Bertz CT molecular complexity index is 470. The molecular weight excluding hydrogens is 290 g/mol. The van der Waals surface area contributed by atoms with Crippen molar-refractivity contribution in [2.45, 2.75) is 25.7 Å². The second kappa shape index (κ2) is 8.64. The molecule has 1 fully saturated rings. The highest BCUT2D eigenvalue weighted by Crippen LogP contribution is 2.13. The number of rotatable bonds is 5. The number of likely N-dealkylation sites (tertiary alicyclic amines) is 1. The molecule has 21 heavy (non-hydrogen) atoms. The molecule has 1 saturated heterocycles. The van der Waals surface area contributed by atoms with E-state index < -0.39 is 0 Å². The maximum absolute atomic E-state index is 11.9. The summed E-state index contributed by atoms with van der Waals surface area (Å²) in [6.07, 6.45) is 3.54. The van der Waals surface area contributed by atoms with Crippen LogP contribution in [0.5, 0.6) is 0 Å². The maximum atomic E-state index is 11.9. The Morgan fingerprint density at radius 1 is 1.14 bits per heavy atom. The van der Waals surface area contributed by atoms with Crippen LogP contribution in [0.3, 0.4) is 0 Å². The first-order valence-corrected chi connectivity index (χ1v) is 7.05.